The fraction of sp³-hybridized carbons (Fsp3) is 0.371. The Morgan fingerprint density at radius 1 is 0.750 bits per heavy atom. The number of halogens is 3. The van der Waals surface area contributed by atoms with Crippen LogP contribution in [0, 0.1) is 5.41 Å². The van der Waals surface area contributed by atoms with E-state index in [1.54, 1.807) is 77.9 Å². The molecule has 0 saturated heterocycles. The van der Waals surface area contributed by atoms with Gasteiger partial charge in [0.2, 0.25) is 0 Å². The van der Waals surface area contributed by atoms with Crippen molar-refractivity contribution in [1.82, 2.24) is 15.0 Å². The first-order chi connectivity index (χ1) is 22.3. The lowest BCUT2D eigenvalue weighted by Crippen LogP contribution is -2.49. The lowest BCUT2D eigenvalue weighted by molar-refractivity contribution is -0.274. The smallest absolute Gasteiger partial charge is 0.459 e. The molecule has 254 valence electrons. The second-order valence-corrected chi connectivity index (χ2v) is 13.2. The van der Waals surface area contributed by atoms with E-state index in [-0.39, 0.29) is 29.7 Å². The van der Waals surface area contributed by atoms with Gasteiger partial charge in [0.25, 0.3) is 5.56 Å². The van der Waals surface area contributed by atoms with Gasteiger partial charge in [0.15, 0.2) is 11.2 Å². The average molecular weight is 668 g/mol. The maximum Gasteiger partial charge on any atom is 0.573 e. The number of aromatic nitrogens is 3. The van der Waals surface area contributed by atoms with E-state index < -0.39 is 52.7 Å². The lowest BCUT2D eigenvalue weighted by atomic mass is 9.77. The molecule has 0 aliphatic rings. The molecule has 13 heteroatoms. The number of aryl methyl sites for hydroxylation is 1. The van der Waals surface area contributed by atoms with Crippen molar-refractivity contribution >= 4 is 28.6 Å². The molecule has 3 aromatic carbocycles. The summed E-state index contributed by atoms with van der Waals surface area (Å²) >= 11 is 0. The number of ether oxygens (including phenoxy) is 3. The molecule has 0 aliphatic carbocycles. The topological polar surface area (TPSA) is 127 Å². The monoisotopic (exact) mass is 667 g/mol. The fourth-order valence-corrected chi connectivity index (χ4v) is 4.81. The minimum Gasteiger partial charge on any atom is -0.459 e. The first-order valence-electron chi connectivity index (χ1n) is 15.1. The van der Waals surface area contributed by atoms with Gasteiger partial charge in [-0.05, 0) is 83.4 Å². The van der Waals surface area contributed by atoms with Crippen LogP contribution in [-0.4, -0.2) is 50.3 Å². The van der Waals surface area contributed by atoms with E-state index in [1.807, 2.05) is 0 Å². The normalized spacial score (nSPS) is 12.4. The maximum absolute atomic E-state index is 14.0. The number of benzene rings is 3. The molecule has 0 N–H and O–H groups in total. The summed E-state index contributed by atoms with van der Waals surface area (Å²) in [6.07, 6.45) is -5.86. The summed E-state index contributed by atoms with van der Waals surface area (Å²) in [5.74, 6) is -2.98. The van der Waals surface area contributed by atoms with Crippen LogP contribution in [0.2, 0.25) is 0 Å². The van der Waals surface area contributed by atoms with E-state index in [4.69, 9.17) is 9.47 Å². The number of hydrogen-bond acceptors (Lipinski definition) is 9. The fourth-order valence-electron chi connectivity index (χ4n) is 4.81. The number of hydrogen-bond donors (Lipinski definition) is 0. The van der Waals surface area contributed by atoms with Crippen molar-refractivity contribution in [2.75, 3.05) is 0 Å². The van der Waals surface area contributed by atoms with Crippen molar-refractivity contribution in [3.63, 3.8) is 0 Å². The van der Waals surface area contributed by atoms with Gasteiger partial charge >= 0.3 is 18.3 Å². The predicted molar refractivity (Wildman–Crippen MR) is 170 cm³/mol. The molecule has 10 nitrogen and oxygen atoms in total. The molecule has 1 aromatic heterocycles. The zero-order valence-corrected chi connectivity index (χ0v) is 27.4. The van der Waals surface area contributed by atoms with Crippen molar-refractivity contribution in [3.05, 3.63) is 88.7 Å². The van der Waals surface area contributed by atoms with Crippen LogP contribution in [0.4, 0.5) is 13.2 Å². The Labute approximate surface area is 274 Å². The Morgan fingerprint density at radius 2 is 1.27 bits per heavy atom. The summed E-state index contributed by atoms with van der Waals surface area (Å²) in [6.45, 7) is 9.44. The largest absolute Gasteiger partial charge is 0.573 e. The van der Waals surface area contributed by atoms with Crippen LogP contribution in [0.5, 0.6) is 5.75 Å². The third kappa shape index (κ3) is 9.05. The van der Waals surface area contributed by atoms with Gasteiger partial charge in [0.1, 0.15) is 22.5 Å². The predicted octanol–water partition coefficient (Wildman–Crippen LogP) is 6.69. The number of carbonyl (C=O) groups excluding carboxylic acids is 3. The van der Waals surface area contributed by atoms with Gasteiger partial charge in [0.05, 0.1) is 5.39 Å². The Balaban J connectivity index is 1.69. The zero-order chi connectivity index (χ0) is 35.5. The molecule has 0 fully saturated rings. The summed E-state index contributed by atoms with van der Waals surface area (Å²) in [4.78, 5) is 55.0. The SMILES string of the molecule is CC(C)(C)OC(=O)C(CCn1nnc2ccccc2c1=O)(CC(=O)c1ccc(-c2ccc(OC(F)(F)F)cc2)cc1)C(=O)OC(C)(C)C. The van der Waals surface area contributed by atoms with Gasteiger partial charge in [-0.3, -0.25) is 19.2 Å². The van der Waals surface area contributed by atoms with Gasteiger partial charge < -0.3 is 14.2 Å². The highest BCUT2D eigenvalue weighted by molar-refractivity contribution is 6.08. The van der Waals surface area contributed by atoms with E-state index >= 15 is 0 Å². The van der Waals surface area contributed by atoms with E-state index in [0.29, 0.717) is 16.6 Å². The molecule has 0 saturated carbocycles. The van der Waals surface area contributed by atoms with Crippen LogP contribution in [-0.2, 0) is 25.6 Å². The molecule has 4 aromatic rings. The standard InChI is InChI=1S/C35H36F3N3O7/c1-32(2,3)47-30(44)34(31(45)48-33(4,5)6,19-20-41-29(43)26-9-7-8-10-27(26)39-40-41)21-28(42)24-13-11-22(12-14-24)23-15-17-25(18-16-23)46-35(36,37)38/h7-18H,19-21H2,1-6H3. The minimum atomic E-state index is -4.82. The molecule has 0 amide bonds. The third-order valence-electron chi connectivity index (χ3n) is 7.05. The van der Waals surface area contributed by atoms with Gasteiger partial charge in [-0.2, -0.15) is 0 Å². The lowest BCUT2D eigenvalue weighted by Gasteiger charge is -2.34. The van der Waals surface area contributed by atoms with Gasteiger partial charge in [-0.1, -0.05) is 53.7 Å². The second-order valence-electron chi connectivity index (χ2n) is 13.2. The van der Waals surface area contributed by atoms with Crippen LogP contribution in [0.25, 0.3) is 22.0 Å². The summed E-state index contributed by atoms with van der Waals surface area (Å²) in [5, 5.41) is 8.33. The van der Waals surface area contributed by atoms with Crippen molar-refractivity contribution in [2.24, 2.45) is 5.41 Å². The number of esters is 2. The zero-order valence-electron chi connectivity index (χ0n) is 27.4. The summed E-state index contributed by atoms with van der Waals surface area (Å²) in [6, 6.07) is 17.9. The highest BCUT2D eigenvalue weighted by Gasteiger charge is 2.52. The Morgan fingerprint density at radius 3 is 1.79 bits per heavy atom. The van der Waals surface area contributed by atoms with Crippen LogP contribution >= 0.6 is 0 Å². The Kier molecular flexibility index (Phi) is 10.1. The quantitative estimate of drug-likeness (QED) is 0.103. The molecule has 1 heterocycles. The van der Waals surface area contributed by atoms with Gasteiger partial charge in [-0.15, -0.1) is 18.3 Å². The van der Waals surface area contributed by atoms with Crippen LogP contribution in [0.1, 0.15) is 64.7 Å². The van der Waals surface area contributed by atoms with Crippen molar-refractivity contribution in [1.29, 1.82) is 0 Å². The molecule has 0 bridgehead atoms. The molecule has 0 spiro atoms. The first-order valence-corrected chi connectivity index (χ1v) is 15.1. The third-order valence-corrected chi connectivity index (χ3v) is 7.05. The van der Waals surface area contributed by atoms with E-state index in [9.17, 15) is 32.3 Å². The molecule has 0 radical (unpaired) electrons. The molecule has 0 aliphatic heterocycles. The van der Waals surface area contributed by atoms with Crippen LogP contribution < -0.4 is 10.3 Å². The molecular weight excluding hydrogens is 631 g/mol. The second kappa shape index (κ2) is 13.6. The number of carbonyl (C=O) groups is 3. The van der Waals surface area contributed by atoms with E-state index in [0.717, 1.165) is 4.68 Å². The number of fused-ring (bicyclic) bond motifs is 1. The van der Waals surface area contributed by atoms with E-state index in [1.165, 1.54) is 36.4 Å². The first kappa shape index (κ1) is 35.8. The molecule has 48 heavy (non-hydrogen) atoms. The molecule has 0 atom stereocenters. The number of Topliss-reactive ketones (excluding diaryl/α,β-unsaturated/α-hetero) is 1. The molecule has 4 rings (SSSR count). The number of rotatable bonds is 10. The molecule has 0 unspecified atom stereocenters. The van der Waals surface area contributed by atoms with Crippen LogP contribution in [0.3, 0.4) is 0 Å². The van der Waals surface area contributed by atoms with Crippen LogP contribution in [0.15, 0.2) is 77.6 Å². The number of ketones is 1. The van der Waals surface area contributed by atoms with Gasteiger partial charge in [0, 0.05) is 18.5 Å². The maximum atomic E-state index is 14.0. The summed E-state index contributed by atoms with van der Waals surface area (Å²) in [5.41, 5.74) is -3.11. The molecular formula is C35H36F3N3O7. The van der Waals surface area contributed by atoms with Crippen molar-refractivity contribution in [3.8, 4) is 16.9 Å². The van der Waals surface area contributed by atoms with Crippen molar-refractivity contribution < 1.29 is 41.8 Å². The highest BCUT2D eigenvalue weighted by atomic mass is 19.4. The number of alkyl halides is 3. The van der Waals surface area contributed by atoms with Gasteiger partial charge in [-0.25, -0.2) is 4.68 Å². The highest BCUT2D eigenvalue weighted by Crippen LogP contribution is 2.36. The Hall–Kier alpha value is -5.07. The minimum absolute atomic E-state index is 0.148. The summed E-state index contributed by atoms with van der Waals surface area (Å²) < 4.78 is 53.9. The Bertz CT molecular complexity index is 1830. The average Bonchev–Trinajstić information content (AvgIpc) is 2.98. The summed E-state index contributed by atoms with van der Waals surface area (Å²) in [7, 11) is 0. The van der Waals surface area contributed by atoms with Crippen molar-refractivity contribution in [2.45, 2.75) is 78.5 Å². The number of nitrogens with zero attached hydrogens (tertiary/aromatic N) is 3. The van der Waals surface area contributed by atoms with E-state index in [2.05, 4.69) is 15.0 Å².